The molecule has 0 saturated heterocycles. The Labute approximate surface area is 132 Å². The van der Waals surface area contributed by atoms with Gasteiger partial charge in [-0.25, -0.2) is 8.78 Å². The number of ether oxygens (including phenoxy) is 1. The molecule has 0 amide bonds. The molecule has 1 saturated carbocycles. The molecule has 154 valence electrons. The highest BCUT2D eigenvalue weighted by molar-refractivity contribution is 5.33. The Bertz CT molecular complexity index is 546. The first-order valence-corrected chi connectivity index (χ1v) is 5.68. The van der Waals surface area contributed by atoms with Gasteiger partial charge in [-0.1, -0.05) is 6.58 Å². The van der Waals surface area contributed by atoms with E-state index in [1.807, 2.05) is 6.58 Å². The average Bonchev–Trinajstić information content (AvgIpc) is 2.40. The highest BCUT2D eigenvalue weighted by Crippen LogP contribution is 2.74. The summed E-state index contributed by atoms with van der Waals surface area (Å²) in [5.74, 6) is -31.4. The smallest absolute Gasteiger partial charge is 0.435 e. The summed E-state index contributed by atoms with van der Waals surface area (Å²) in [6, 6.07) is 0. The lowest BCUT2D eigenvalue weighted by Crippen LogP contribution is -2.91. The molecule has 0 aromatic rings. The van der Waals surface area contributed by atoms with Crippen LogP contribution in [0.15, 0.2) is 12.8 Å². The molecule has 0 aromatic carbocycles. The maximum atomic E-state index is 14.2. The van der Waals surface area contributed by atoms with E-state index in [1.54, 1.807) is 0 Å². The Balaban J connectivity index is 4.27. The zero-order valence-electron chi connectivity index (χ0n) is 11.4. The molecule has 16 heteroatoms. The maximum absolute atomic E-state index is 14.2. The first-order chi connectivity index (χ1) is 11.1. The van der Waals surface area contributed by atoms with Crippen LogP contribution in [0.4, 0.5) is 65.9 Å². The molecule has 1 rings (SSSR count). The van der Waals surface area contributed by atoms with Crippen molar-refractivity contribution in [2.45, 2.75) is 47.3 Å². The van der Waals surface area contributed by atoms with Crippen molar-refractivity contribution in [2.24, 2.45) is 0 Å². The number of hydrogen-bond donors (Lipinski definition) is 0. The van der Waals surface area contributed by atoms with Gasteiger partial charge in [0.05, 0.1) is 6.26 Å². The Morgan fingerprint density at radius 1 is 0.577 bits per heavy atom. The van der Waals surface area contributed by atoms with E-state index in [2.05, 4.69) is 4.74 Å². The first-order valence-electron chi connectivity index (χ1n) is 5.68. The second-order valence-electron chi connectivity index (χ2n) is 4.92. The molecule has 2 atom stereocenters. The standard InChI is InChI=1S/C10H3F15O/c1-2-26-8(19)3(11,9(20,21)22)5(13,14)7(17,18)6(15,16)4(8,12)10(23,24)25/h2H,1H2. The molecule has 1 fully saturated rings. The van der Waals surface area contributed by atoms with Gasteiger partial charge in [-0.3, -0.25) is 0 Å². The third-order valence-corrected chi connectivity index (χ3v) is 3.57. The maximum Gasteiger partial charge on any atom is 0.435 e. The largest absolute Gasteiger partial charge is 0.460 e. The minimum atomic E-state index is -8.01. The number of hydrogen-bond acceptors (Lipinski definition) is 1. The van der Waals surface area contributed by atoms with Crippen LogP contribution >= 0.6 is 0 Å². The molecule has 26 heavy (non-hydrogen) atoms. The normalized spacial score (nSPS) is 39.3. The lowest BCUT2D eigenvalue weighted by molar-refractivity contribution is -0.534. The summed E-state index contributed by atoms with van der Waals surface area (Å²) >= 11 is 0. The Morgan fingerprint density at radius 2 is 0.846 bits per heavy atom. The van der Waals surface area contributed by atoms with Crippen molar-refractivity contribution in [1.82, 2.24) is 0 Å². The third kappa shape index (κ3) is 1.87. The molecule has 0 aliphatic heterocycles. The van der Waals surface area contributed by atoms with E-state index in [4.69, 9.17) is 0 Å². The predicted octanol–water partition coefficient (Wildman–Crippen LogP) is 5.27. The Morgan fingerprint density at radius 3 is 1.04 bits per heavy atom. The minimum absolute atomic E-state index is 1.07. The first kappa shape index (κ1) is 22.5. The van der Waals surface area contributed by atoms with E-state index in [-0.39, 0.29) is 0 Å². The minimum Gasteiger partial charge on any atom is -0.460 e. The third-order valence-electron chi connectivity index (χ3n) is 3.57. The van der Waals surface area contributed by atoms with Crippen LogP contribution in [0.3, 0.4) is 0 Å². The van der Waals surface area contributed by atoms with Crippen LogP contribution in [-0.4, -0.2) is 47.3 Å². The fourth-order valence-electron chi connectivity index (χ4n) is 2.27. The summed E-state index contributed by atoms with van der Waals surface area (Å²) in [6.45, 7) is 2.02. The van der Waals surface area contributed by atoms with E-state index in [0.29, 0.717) is 0 Å². The molecule has 0 N–H and O–H groups in total. The zero-order chi connectivity index (χ0) is 21.4. The van der Waals surface area contributed by atoms with Gasteiger partial charge >= 0.3 is 47.3 Å². The Kier molecular flexibility index (Phi) is 4.38. The topological polar surface area (TPSA) is 9.23 Å². The van der Waals surface area contributed by atoms with Gasteiger partial charge in [-0.15, -0.1) is 0 Å². The van der Waals surface area contributed by atoms with Crippen LogP contribution in [0.2, 0.25) is 0 Å². The second kappa shape index (κ2) is 5.05. The van der Waals surface area contributed by atoms with Crippen molar-refractivity contribution in [3.05, 3.63) is 12.8 Å². The van der Waals surface area contributed by atoms with Crippen LogP contribution in [0.1, 0.15) is 0 Å². The molecule has 0 bridgehead atoms. The zero-order valence-corrected chi connectivity index (χ0v) is 11.4. The summed E-state index contributed by atoms with van der Waals surface area (Å²) < 4.78 is 200. The van der Waals surface area contributed by atoms with Crippen molar-refractivity contribution < 1.29 is 70.6 Å². The molecule has 0 radical (unpaired) electrons. The van der Waals surface area contributed by atoms with Gasteiger partial charge in [0.25, 0.3) is 0 Å². The summed E-state index contributed by atoms with van der Waals surface area (Å²) in [7, 11) is 0. The van der Waals surface area contributed by atoms with Crippen LogP contribution in [0, 0.1) is 0 Å². The lowest BCUT2D eigenvalue weighted by atomic mass is 9.64. The fraction of sp³-hybridized carbons (Fsp3) is 0.800. The van der Waals surface area contributed by atoms with Gasteiger partial charge in [0.2, 0.25) is 0 Å². The predicted molar refractivity (Wildman–Crippen MR) is 49.8 cm³/mol. The number of halogens is 15. The van der Waals surface area contributed by atoms with Crippen molar-refractivity contribution in [3.63, 3.8) is 0 Å². The fourth-order valence-corrected chi connectivity index (χ4v) is 2.27. The van der Waals surface area contributed by atoms with Crippen LogP contribution in [0.5, 0.6) is 0 Å². The van der Waals surface area contributed by atoms with E-state index >= 15 is 0 Å². The molecule has 2 unspecified atom stereocenters. The summed E-state index contributed by atoms with van der Waals surface area (Å²) in [5.41, 5.74) is -15.8. The van der Waals surface area contributed by atoms with Gasteiger partial charge in [0.1, 0.15) is 0 Å². The van der Waals surface area contributed by atoms with E-state index < -0.39 is 53.6 Å². The van der Waals surface area contributed by atoms with Crippen molar-refractivity contribution >= 4 is 0 Å². The summed E-state index contributed by atoms with van der Waals surface area (Å²) in [4.78, 5) is 0. The molecule has 0 spiro atoms. The molecule has 1 aliphatic rings. The van der Waals surface area contributed by atoms with Gasteiger partial charge in [-0.05, 0) is 0 Å². The summed E-state index contributed by atoms with van der Waals surface area (Å²) in [6.07, 6.45) is -16.7. The highest BCUT2D eigenvalue weighted by Gasteiger charge is 3.08. The van der Waals surface area contributed by atoms with Crippen LogP contribution in [0.25, 0.3) is 0 Å². The van der Waals surface area contributed by atoms with Gasteiger partial charge in [0, 0.05) is 0 Å². The lowest BCUT2D eigenvalue weighted by Gasteiger charge is -2.57. The van der Waals surface area contributed by atoms with Crippen LogP contribution in [-0.2, 0) is 4.74 Å². The van der Waals surface area contributed by atoms with Gasteiger partial charge < -0.3 is 4.74 Å². The molecule has 0 aromatic heterocycles. The van der Waals surface area contributed by atoms with Gasteiger partial charge in [-0.2, -0.15) is 57.1 Å². The molecule has 1 aliphatic carbocycles. The van der Waals surface area contributed by atoms with Crippen molar-refractivity contribution in [1.29, 1.82) is 0 Å². The second-order valence-corrected chi connectivity index (χ2v) is 4.92. The monoisotopic (exact) mass is 424 g/mol. The van der Waals surface area contributed by atoms with E-state index in [0.717, 1.165) is 0 Å². The number of alkyl halides is 15. The SMILES string of the molecule is C=COC1(F)C(F)(C(F)(F)F)C(F)(F)C(F)(F)C(F)(F)C1(F)C(F)(F)F. The molecular formula is C10H3F15O. The summed E-state index contributed by atoms with van der Waals surface area (Å²) in [5, 5.41) is 0. The highest BCUT2D eigenvalue weighted by atomic mass is 19.4. The molecular weight excluding hydrogens is 421 g/mol. The van der Waals surface area contributed by atoms with Crippen molar-refractivity contribution in [3.8, 4) is 0 Å². The van der Waals surface area contributed by atoms with E-state index in [9.17, 15) is 65.9 Å². The van der Waals surface area contributed by atoms with Crippen molar-refractivity contribution in [2.75, 3.05) is 0 Å². The number of rotatable bonds is 2. The van der Waals surface area contributed by atoms with Crippen LogP contribution < -0.4 is 0 Å². The average molecular weight is 424 g/mol. The Hall–Kier alpha value is -1.51. The van der Waals surface area contributed by atoms with E-state index in [1.165, 1.54) is 0 Å². The van der Waals surface area contributed by atoms with Gasteiger partial charge in [0.15, 0.2) is 0 Å². The molecule has 0 heterocycles. The quantitative estimate of drug-likeness (QED) is 0.434. The molecule has 1 nitrogen and oxygen atoms in total.